The number of hydrogen-bond acceptors (Lipinski definition) is 15. The van der Waals surface area contributed by atoms with Gasteiger partial charge in [-0.05, 0) is 62.9 Å². The summed E-state index contributed by atoms with van der Waals surface area (Å²) in [6, 6.07) is 10.4. The van der Waals surface area contributed by atoms with Crippen molar-refractivity contribution >= 4 is 33.8 Å². The van der Waals surface area contributed by atoms with E-state index >= 15 is 0 Å². The van der Waals surface area contributed by atoms with Crippen LogP contribution in [-0.4, -0.2) is 159 Å². The predicted octanol–water partition coefficient (Wildman–Crippen LogP) is 4.42. The van der Waals surface area contributed by atoms with Gasteiger partial charge >= 0.3 is 0 Å². The molecule has 18 nitrogen and oxygen atoms in total. The zero-order valence-electron chi connectivity index (χ0n) is 37.7. The summed E-state index contributed by atoms with van der Waals surface area (Å²) in [5.41, 5.74) is 18.1. The van der Waals surface area contributed by atoms with E-state index in [1.165, 1.54) is 17.5 Å². The van der Waals surface area contributed by atoms with Crippen molar-refractivity contribution in [2.75, 3.05) is 125 Å². The molecule has 1 aliphatic rings. The van der Waals surface area contributed by atoms with E-state index in [-0.39, 0.29) is 5.91 Å². The average molecular weight is 880 g/mol. The van der Waals surface area contributed by atoms with Crippen molar-refractivity contribution in [3.05, 3.63) is 65.7 Å². The topological polar surface area (TPSA) is 218 Å². The molecule has 0 aliphatic carbocycles. The van der Waals surface area contributed by atoms with Gasteiger partial charge in [0.15, 0.2) is 5.65 Å². The van der Waals surface area contributed by atoms with Crippen molar-refractivity contribution in [1.29, 1.82) is 0 Å². The standard InChI is InChI=1S/C27H28N8O2.C10H22O4.C8H19NO3/c1-2-37-10-7-22(36)34-9-6-18-11-17(3-4-20(18)15-34)14-35-27-23(25(28)31-16-32-27)24(33-35)21-12-19-5-8-29-26(19)30-13-21;1-3-11-5-7-13-9-10-14-8-6-12-4-2;1-2-10-5-6-12-8-7-11-4-3-9/h3-5,8,11-13,16H,2,6-7,9-10,14-15H2,1H3,(H,29,30)(H2,28,31,32);3-10H2,1-2H3;2-9H2,1H3. The molecule has 348 valence electrons. The van der Waals surface area contributed by atoms with Crippen LogP contribution < -0.4 is 11.5 Å². The van der Waals surface area contributed by atoms with Crippen molar-refractivity contribution in [3.63, 3.8) is 0 Å². The molecule has 18 heteroatoms. The molecule has 0 saturated heterocycles. The Kier molecular flexibility index (Phi) is 24.7. The first-order valence-corrected chi connectivity index (χ1v) is 22.0. The summed E-state index contributed by atoms with van der Waals surface area (Å²) in [6.45, 7) is 20.6. The number of nitrogens with zero attached hydrogens (tertiary/aromatic N) is 6. The van der Waals surface area contributed by atoms with Crippen molar-refractivity contribution in [3.8, 4) is 11.3 Å². The number of hydrogen-bond donors (Lipinski definition) is 3. The van der Waals surface area contributed by atoms with Gasteiger partial charge < -0.3 is 59.2 Å². The summed E-state index contributed by atoms with van der Waals surface area (Å²) in [7, 11) is 0. The predicted molar refractivity (Wildman–Crippen MR) is 242 cm³/mol. The summed E-state index contributed by atoms with van der Waals surface area (Å²) >= 11 is 0. The Balaban J connectivity index is 0.000000277. The maximum absolute atomic E-state index is 12.5. The molecule has 0 spiro atoms. The number of benzene rings is 1. The molecule has 0 fully saturated rings. The zero-order valence-corrected chi connectivity index (χ0v) is 37.7. The fourth-order valence-electron chi connectivity index (χ4n) is 6.48. The minimum atomic E-state index is 0.142. The monoisotopic (exact) mass is 880 g/mol. The van der Waals surface area contributed by atoms with Gasteiger partial charge in [-0.25, -0.2) is 19.6 Å². The number of carbonyl (C=O) groups excluding carboxylic acids is 1. The second-order valence-corrected chi connectivity index (χ2v) is 14.0. The Hall–Kier alpha value is -4.63. The van der Waals surface area contributed by atoms with Crippen LogP contribution >= 0.6 is 0 Å². The van der Waals surface area contributed by atoms with E-state index in [0.29, 0.717) is 136 Å². The molecule has 1 amide bonds. The van der Waals surface area contributed by atoms with Crippen molar-refractivity contribution in [2.45, 2.75) is 53.6 Å². The molecule has 5 aromatic rings. The Bertz CT molecular complexity index is 1990. The first-order valence-electron chi connectivity index (χ1n) is 22.0. The number of ether oxygens (including phenoxy) is 8. The summed E-state index contributed by atoms with van der Waals surface area (Å²) in [4.78, 5) is 30.8. The zero-order chi connectivity index (χ0) is 44.9. The number of rotatable bonds is 27. The largest absolute Gasteiger partial charge is 0.383 e. The molecule has 4 aromatic heterocycles. The Labute approximate surface area is 371 Å². The summed E-state index contributed by atoms with van der Waals surface area (Å²) in [5, 5.41) is 6.63. The molecule has 5 heterocycles. The third-order valence-corrected chi connectivity index (χ3v) is 9.60. The van der Waals surface area contributed by atoms with Crippen molar-refractivity contribution in [1.82, 2.24) is 34.6 Å². The number of nitrogen functional groups attached to an aromatic ring is 1. The van der Waals surface area contributed by atoms with Gasteiger partial charge in [0.1, 0.15) is 23.5 Å². The van der Waals surface area contributed by atoms with Crippen LogP contribution in [0.5, 0.6) is 0 Å². The molecule has 63 heavy (non-hydrogen) atoms. The lowest BCUT2D eigenvalue weighted by molar-refractivity contribution is -0.133. The highest BCUT2D eigenvalue weighted by Crippen LogP contribution is 2.32. The normalized spacial score (nSPS) is 12.2. The van der Waals surface area contributed by atoms with Gasteiger partial charge in [-0.1, -0.05) is 18.2 Å². The second kappa shape index (κ2) is 30.5. The molecule has 6 rings (SSSR count). The van der Waals surface area contributed by atoms with E-state index in [1.807, 2.05) is 55.6 Å². The molecular weight excluding hydrogens is 811 g/mol. The van der Waals surface area contributed by atoms with Crippen LogP contribution in [0.2, 0.25) is 0 Å². The Morgan fingerprint density at radius 1 is 0.714 bits per heavy atom. The number of carbonyl (C=O) groups is 1. The first kappa shape index (κ1) is 51.0. The maximum atomic E-state index is 12.5. The molecule has 0 unspecified atom stereocenters. The quantitative estimate of drug-likeness (QED) is 0.0622. The molecule has 0 radical (unpaired) electrons. The van der Waals surface area contributed by atoms with Crippen LogP contribution in [0.15, 0.2) is 49.1 Å². The molecule has 1 aromatic carbocycles. The number of nitrogens with two attached hydrogens (primary N) is 2. The van der Waals surface area contributed by atoms with Crippen LogP contribution in [0.3, 0.4) is 0 Å². The highest BCUT2D eigenvalue weighted by molar-refractivity contribution is 5.99. The van der Waals surface area contributed by atoms with E-state index in [0.717, 1.165) is 53.8 Å². The molecule has 1 aliphatic heterocycles. The van der Waals surface area contributed by atoms with Crippen LogP contribution in [0.4, 0.5) is 5.82 Å². The second-order valence-electron chi connectivity index (χ2n) is 14.0. The number of H-pyrrole nitrogens is 1. The summed E-state index contributed by atoms with van der Waals surface area (Å²) in [6.07, 6.45) is 6.37. The number of nitrogens with one attached hydrogen (secondary N) is 1. The Morgan fingerprint density at radius 2 is 1.32 bits per heavy atom. The molecule has 0 bridgehead atoms. The maximum Gasteiger partial charge on any atom is 0.225 e. The molecular formula is C45H69N9O9. The van der Waals surface area contributed by atoms with Gasteiger partial charge in [0.05, 0.1) is 97.6 Å². The summed E-state index contributed by atoms with van der Waals surface area (Å²) in [5.74, 6) is 0.531. The van der Waals surface area contributed by atoms with Crippen LogP contribution in [0, 0.1) is 0 Å². The highest BCUT2D eigenvalue weighted by atomic mass is 16.6. The smallest absolute Gasteiger partial charge is 0.225 e. The fourth-order valence-corrected chi connectivity index (χ4v) is 6.48. The Morgan fingerprint density at radius 3 is 1.94 bits per heavy atom. The number of aromatic amines is 1. The minimum Gasteiger partial charge on any atom is -0.383 e. The third-order valence-electron chi connectivity index (χ3n) is 9.60. The van der Waals surface area contributed by atoms with E-state index < -0.39 is 0 Å². The molecule has 0 saturated carbocycles. The van der Waals surface area contributed by atoms with E-state index in [1.54, 1.807) is 6.20 Å². The lowest BCUT2D eigenvalue weighted by Gasteiger charge is -2.29. The van der Waals surface area contributed by atoms with Crippen LogP contribution in [0.1, 0.15) is 50.8 Å². The lowest BCUT2D eigenvalue weighted by atomic mass is 9.97. The van der Waals surface area contributed by atoms with Crippen molar-refractivity contribution in [2.24, 2.45) is 5.73 Å². The van der Waals surface area contributed by atoms with E-state index in [2.05, 4.69) is 38.1 Å². The minimum absolute atomic E-state index is 0.142. The number of fused-ring (bicyclic) bond motifs is 3. The van der Waals surface area contributed by atoms with Gasteiger partial charge in [0.2, 0.25) is 5.91 Å². The molecule has 5 N–H and O–H groups in total. The third kappa shape index (κ3) is 17.8. The number of anilines is 1. The first-order chi connectivity index (χ1) is 30.9. The van der Waals surface area contributed by atoms with Gasteiger partial charge in [-0.15, -0.1) is 0 Å². The number of pyridine rings is 1. The lowest BCUT2D eigenvalue weighted by Crippen LogP contribution is -2.36. The molecule has 0 atom stereocenters. The van der Waals surface area contributed by atoms with E-state index in [9.17, 15) is 4.79 Å². The number of amides is 1. The SMILES string of the molecule is CCOCCC(=O)N1CCc2cc(Cn3nc(-c4cnc5[nH]ccc5c4)c4c(N)ncnc43)ccc2C1.CCOCCOCCOCCN.CCOCCOCCOCCOCC. The number of aromatic nitrogens is 6. The van der Waals surface area contributed by atoms with E-state index in [4.69, 9.17) is 54.5 Å². The van der Waals surface area contributed by atoms with Gasteiger partial charge in [-0.2, -0.15) is 5.10 Å². The average Bonchev–Trinajstić information content (AvgIpc) is 3.93. The van der Waals surface area contributed by atoms with Crippen LogP contribution in [-0.2, 0) is 62.2 Å². The summed E-state index contributed by atoms with van der Waals surface area (Å²) < 4.78 is 43.3. The highest BCUT2D eigenvalue weighted by Gasteiger charge is 2.22. The van der Waals surface area contributed by atoms with Crippen molar-refractivity contribution < 1.29 is 42.7 Å². The van der Waals surface area contributed by atoms with Gasteiger partial charge in [-0.3, -0.25) is 4.79 Å². The van der Waals surface area contributed by atoms with Gasteiger partial charge in [0.25, 0.3) is 0 Å². The van der Waals surface area contributed by atoms with Gasteiger partial charge in [0, 0.05) is 69.4 Å². The fraction of sp³-hybridized carbons (Fsp3) is 0.578. The van der Waals surface area contributed by atoms with Crippen LogP contribution in [0.25, 0.3) is 33.3 Å².